The molecular weight excluding hydrogens is 610 g/mol. The topological polar surface area (TPSA) is 124 Å². The van der Waals surface area contributed by atoms with E-state index in [4.69, 9.17) is 0 Å². The first-order valence-corrected chi connectivity index (χ1v) is 21.6. The predicted molar refractivity (Wildman–Crippen MR) is 199 cm³/mol. The van der Waals surface area contributed by atoms with Gasteiger partial charge in [0, 0.05) is 0 Å². The molecule has 0 fully saturated rings. The fourth-order valence-electron chi connectivity index (χ4n) is 6.22. The highest BCUT2D eigenvalue weighted by molar-refractivity contribution is 7.85. The van der Waals surface area contributed by atoms with Gasteiger partial charge in [-0.1, -0.05) is 180 Å². The molecule has 0 saturated carbocycles. The van der Waals surface area contributed by atoms with E-state index in [-0.39, 0.29) is 0 Å². The van der Waals surface area contributed by atoms with Gasteiger partial charge in [-0.2, -0.15) is 8.42 Å². The Kier molecular flexibility index (Phi) is 32.8. The van der Waals surface area contributed by atoms with Crippen LogP contribution in [0.15, 0.2) is 12.2 Å². The maximum absolute atomic E-state index is 12.6. The van der Waals surface area contributed by atoms with E-state index in [0.29, 0.717) is 25.7 Å². The van der Waals surface area contributed by atoms with E-state index >= 15 is 0 Å². The van der Waals surface area contributed by atoms with Crippen LogP contribution in [0.2, 0.25) is 0 Å². The summed E-state index contributed by atoms with van der Waals surface area (Å²) >= 11 is 0. The number of carbonyl (C=O) groups excluding carboxylic acids is 1. The summed E-state index contributed by atoms with van der Waals surface area (Å²) in [5, 5.41) is 23.4. The number of amides is 1. The van der Waals surface area contributed by atoms with Gasteiger partial charge >= 0.3 is 0 Å². The molecule has 3 unspecified atom stereocenters. The van der Waals surface area contributed by atoms with Crippen LogP contribution in [0.25, 0.3) is 0 Å². The standard InChI is InChI=1S/C39H77NO6S/c1-3-5-7-9-11-13-15-16-17-18-19-20-21-22-23-24-26-28-30-32-34-38(42)39(43)40-36(35-47(44,45)46)37(41)33-31-29-27-25-14-12-10-8-6-4-2/h20-21,36-38,41-42H,3-19,22-35H2,1-2H3,(H,40,43)(H,44,45,46)/b21-20-. The van der Waals surface area contributed by atoms with Crippen LogP contribution in [0.4, 0.5) is 0 Å². The molecule has 0 rings (SSSR count). The lowest BCUT2D eigenvalue weighted by Crippen LogP contribution is -2.50. The van der Waals surface area contributed by atoms with Gasteiger partial charge < -0.3 is 15.5 Å². The summed E-state index contributed by atoms with van der Waals surface area (Å²) in [5.74, 6) is -1.45. The number of nitrogens with one attached hydrogen (secondary N) is 1. The van der Waals surface area contributed by atoms with Crippen molar-refractivity contribution in [1.82, 2.24) is 5.32 Å². The van der Waals surface area contributed by atoms with Crippen LogP contribution in [0, 0.1) is 0 Å². The van der Waals surface area contributed by atoms with Gasteiger partial charge in [0.25, 0.3) is 10.1 Å². The molecule has 0 heterocycles. The molecule has 0 aromatic heterocycles. The summed E-state index contributed by atoms with van der Waals surface area (Å²) in [6.07, 6.45) is 36.7. The summed E-state index contributed by atoms with van der Waals surface area (Å²) in [6, 6.07) is -1.14. The van der Waals surface area contributed by atoms with Gasteiger partial charge in [-0.25, -0.2) is 0 Å². The van der Waals surface area contributed by atoms with Crippen LogP contribution < -0.4 is 5.32 Å². The van der Waals surface area contributed by atoms with Crippen LogP contribution in [0.3, 0.4) is 0 Å². The summed E-state index contributed by atoms with van der Waals surface area (Å²) in [7, 11) is -4.40. The second-order valence-corrected chi connectivity index (χ2v) is 15.6. The van der Waals surface area contributed by atoms with E-state index in [1.54, 1.807) is 0 Å². The van der Waals surface area contributed by atoms with Crippen molar-refractivity contribution in [3.63, 3.8) is 0 Å². The molecule has 280 valence electrons. The Morgan fingerprint density at radius 1 is 0.553 bits per heavy atom. The minimum Gasteiger partial charge on any atom is -0.391 e. The SMILES string of the molecule is CCCCCCCCCCCC/C=C\CCCCCCCCC(O)C(=O)NC(CS(=O)(=O)O)C(O)CCCCCCCCCCCC. The molecule has 47 heavy (non-hydrogen) atoms. The molecule has 7 nitrogen and oxygen atoms in total. The second kappa shape index (κ2) is 33.5. The highest BCUT2D eigenvalue weighted by Crippen LogP contribution is 2.16. The van der Waals surface area contributed by atoms with Crippen molar-refractivity contribution in [2.45, 2.75) is 225 Å². The van der Waals surface area contributed by atoms with Crippen molar-refractivity contribution in [2.24, 2.45) is 0 Å². The normalized spacial score (nSPS) is 14.1. The second-order valence-electron chi connectivity index (χ2n) is 14.1. The Balaban J connectivity index is 3.93. The predicted octanol–water partition coefficient (Wildman–Crippen LogP) is 10.4. The van der Waals surface area contributed by atoms with Crippen LogP contribution >= 0.6 is 0 Å². The molecule has 0 bridgehead atoms. The average Bonchev–Trinajstić information content (AvgIpc) is 3.03. The first-order chi connectivity index (χ1) is 22.7. The maximum Gasteiger partial charge on any atom is 0.266 e. The van der Waals surface area contributed by atoms with Gasteiger partial charge in [0.2, 0.25) is 5.91 Å². The van der Waals surface area contributed by atoms with Crippen LogP contribution in [-0.4, -0.2) is 53.1 Å². The number of aliphatic hydroxyl groups excluding tert-OH is 2. The van der Waals surface area contributed by atoms with Crippen LogP contribution in [0.1, 0.15) is 206 Å². The molecule has 3 atom stereocenters. The smallest absolute Gasteiger partial charge is 0.266 e. The van der Waals surface area contributed by atoms with E-state index in [0.717, 1.165) is 44.9 Å². The fourth-order valence-corrected chi connectivity index (χ4v) is 6.98. The Morgan fingerprint density at radius 3 is 1.28 bits per heavy atom. The molecule has 1 amide bonds. The molecular formula is C39H77NO6S. The van der Waals surface area contributed by atoms with E-state index in [1.807, 2.05) is 0 Å². The van der Waals surface area contributed by atoms with E-state index in [9.17, 15) is 28.0 Å². The fraction of sp³-hybridized carbons (Fsp3) is 0.923. The third kappa shape index (κ3) is 33.3. The lowest BCUT2D eigenvalue weighted by Gasteiger charge is -2.24. The molecule has 0 aromatic rings. The third-order valence-electron chi connectivity index (χ3n) is 9.33. The highest BCUT2D eigenvalue weighted by Gasteiger charge is 2.28. The van der Waals surface area contributed by atoms with Crippen LogP contribution in [0.5, 0.6) is 0 Å². The number of unbranched alkanes of at least 4 members (excludes halogenated alkanes) is 25. The monoisotopic (exact) mass is 688 g/mol. The number of carbonyl (C=O) groups is 1. The maximum atomic E-state index is 12.6. The summed E-state index contributed by atoms with van der Waals surface area (Å²) in [4.78, 5) is 12.6. The summed E-state index contributed by atoms with van der Waals surface area (Å²) in [5.41, 5.74) is 0. The summed E-state index contributed by atoms with van der Waals surface area (Å²) < 4.78 is 32.4. The Hall–Kier alpha value is -0.960. The number of aliphatic hydroxyl groups is 2. The number of hydrogen-bond acceptors (Lipinski definition) is 5. The van der Waals surface area contributed by atoms with Crippen LogP contribution in [-0.2, 0) is 14.9 Å². The lowest BCUT2D eigenvalue weighted by molar-refractivity contribution is -0.131. The number of hydrogen-bond donors (Lipinski definition) is 4. The average molecular weight is 688 g/mol. The van der Waals surface area contributed by atoms with Gasteiger partial charge in [0.05, 0.1) is 17.9 Å². The largest absolute Gasteiger partial charge is 0.391 e. The number of allylic oxidation sites excluding steroid dienone is 2. The van der Waals surface area contributed by atoms with E-state index in [1.165, 1.54) is 122 Å². The number of rotatable bonds is 36. The molecule has 4 N–H and O–H groups in total. The zero-order valence-corrected chi connectivity index (χ0v) is 31.6. The summed E-state index contributed by atoms with van der Waals surface area (Å²) in [6.45, 7) is 4.48. The van der Waals surface area contributed by atoms with Gasteiger partial charge in [0.15, 0.2) is 0 Å². The Bertz CT molecular complexity index is 818. The van der Waals surface area contributed by atoms with Gasteiger partial charge in [-0.15, -0.1) is 0 Å². The molecule has 0 aliphatic carbocycles. The minimum absolute atomic E-state index is 0.292. The molecule has 8 heteroatoms. The van der Waals surface area contributed by atoms with Crippen molar-refractivity contribution in [2.75, 3.05) is 5.75 Å². The van der Waals surface area contributed by atoms with Crippen molar-refractivity contribution in [3.8, 4) is 0 Å². The quantitative estimate of drug-likeness (QED) is 0.0295. The first-order valence-electron chi connectivity index (χ1n) is 20.0. The zero-order valence-electron chi connectivity index (χ0n) is 30.8. The van der Waals surface area contributed by atoms with Crippen molar-refractivity contribution < 1.29 is 28.0 Å². The van der Waals surface area contributed by atoms with E-state index in [2.05, 4.69) is 31.3 Å². The Morgan fingerprint density at radius 2 is 0.894 bits per heavy atom. The van der Waals surface area contributed by atoms with Gasteiger partial charge in [0.1, 0.15) is 6.10 Å². The molecule has 0 aliphatic rings. The van der Waals surface area contributed by atoms with Crippen molar-refractivity contribution >= 4 is 16.0 Å². The molecule has 0 aliphatic heterocycles. The van der Waals surface area contributed by atoms with Gasteiger partial charge in [-0.3, -0.25) is 9.35 Å². The molecule has 0 radical (unpaired) electrons. The third-order valence-corrected chi connectivity index (χ3v) is 10.1. The molecule has 0 aromatic carbocycles. The lowest BCUT2D eigenvalue weighted by atomic mass is 10.0. The van der Waals surface area contributed by atoms with E-state index < -0.39 is 40.0 Å². The van der Waals surface area contributed by atoms with Crippen molar-refractivity contribution in [1.29, 1.82) is 0 Å². The van der Waals surface area contributed by atoms with Gasteiger partial charge in [-0.05, 0) is 38.5 Å². The molecule has 0 saturated heterocycles. The highest BCUT2D eigenvalue weighted by atomic mass is 32.2. The molecule has 0 spiro atoms. The Labute approximate surface area is 291 Å². The first kappa shape index (κ1) is 46.0. The minimum atomic E-state index is -4.40. The zero-order chi connectivity index (χ0) is 34.9. The van der Waals surface area contributed by atoms with Crippen molar-refractivity contribution in [3.05, 3.63) is 12.2 Å².